The van der Waals surface area contributed by atoms with Gasteiger partial charge in [-0.25, -0.2) is 0 Å². The summed E-state index contributed by atoms with van der Waals surface area (Å²) in [5, 5.41) is 3.26. The number of carbonyl (C=O) groups is 3. The molecular weight excluding hydrogens is 482 g/mol. The van der Waals surface area contributed by atoms with E-state index >= 15 is 0 Å². The van der Waals surface area contributed by atoms with Gasteiger partial charge in [0.1, 0.15) is 0 Å². The van der Waals surface area contributed by atoms with Gasteiger partial charge in [-0.2, -0.15) is 0 Å². The Hall–Kier alpha value is -2.77. The molecule has 4 aliphatic heterocycles. The predicted molar refractivity (Wildman–Crippen MR) is 144 cm³/mol. The number of likely N-dealkylation sites (tertiary alicyclic amines) is 1. The molecular formula is C30H43N3O5. The molecule has 3 fully saturated rings. The van der Waals surface area contributed by atoms with Crippen LogP contribution < -0.4 is 14.8 Å². The lowest BCUT2D eigenvalue weighted by atomic mass is 9.77. The van der Waals surface area contributed by atoms with Crippen molar-refractivity contribution in [1.29, 1.82) is 0 Å². The van der Waals surface area contributed by atoms with Crippen LogP contribution in [-0.2, 0) is 20.8 Å². The van der Waals surface area contributed by atoms with Crippen molar-refractivity contribution < 1.29 is 23.9 Å². The molecule has 0 unspecified atom stereocenters. The van der Waals surface area contributed by atoms with E-state index in [0.29, 0.717) is 56.5 Å². The Balaban J connectivity index is 1.27. The molecule has 5 atom stereocenters. The minimum atomic E-state index is 0.0848. The Morgan fingerprint density at radius 3 is 2.71 bits per heavy atom. The van der Waals surface area contributed by atoms with Gasteiger partial charge in [-0.05, 0) is 73.5 Å². The van der Waals surface area contributed by atoms with E-state index in [-0.39, 0.29) is 48.4 Å². The van der Waals surface area contributed by atoms with E-state index in [1.54, 1.807) is 0 Å². The molecule has 0 radical (unpaired) electrons. The topological polar surface area (TPSA) is 88.2 Å². The molecule has 208 valence electrons. The number of carbonyl (C=O) groups excluding carboxylic acids is 3. The van der Waals surface area contributed by atoms with Gasteiger partial charge in [0, 0.05) is 44.6 Å². The molecule has 8 nitrogen and oxygen atoms in total. The number of amides is 3. The smallest absolute Gasteiger partial charge is 0.231 e. The molecule has 1 N–H and O–H groups in total. The summed E-state index contributed by atoms with van der Waals surface area (Å²) in [5.74, 6) is 3.11. The Bertz CT molecular complexity index is 1040. The molecule has 0 saturated carbocycles. The number of benzene rings is 1. The van der Waals surface area contributed by atoms with E-state index in [4.69, 9.17) is 9.47 Å². The summed E-state index contributed by atoms with van der Waals surface area (Å²) in [4.78, 5) is 43.8. The van der Waals surface area contributed by atoms with Crippen LogP contribution >= 0.6 is 0 Å². The molecule has 3 saturated heterocycles. The molecule has 4 aliphatic rings. The maximum atomic E-state index is 13.6. The highest BCUT2D eigenvalue weighted by atomic mass is 16.7. The van der Waals surface area contributed by atoms with E-state index in [2.05, 4.69) is 31.0 Å². The first-order chi connectivity index (χ1) is 18.3. The zero-order valence-electron chi connectivity index (χ0n) is 23.1. The lowest BCUT2D eigenvalue weighted by molar-refractivity contribution is -0.146. The van der Waals surface area contributed by atoms with Gasteiger partial charge in [0.05, 0.1) is 6.42 Å². The van der Waals surface area contributed by atoms with Gasteiger partial charge in [-0.15, -0.1) is 0 Å². The van der Waals surface area contributed by atoms with Crippen LogP contribution in [0.3, 0.4) is 0 Å². The Kier molecular flexibility index (Phi) is 8.15. The molecule has 0 spiro atoms. The highest BCUT2D eigenvalue weighted by molar-refractivity contribution is 5.80. The number of fused-ring (bicyclic) bond motifs is 5. The fourth-order valence-electron chi connectivity index (χ4n) is 6.85. The number of rotatable bonds is 3. The number of ether oxygens (including phenoxy) is 2. The normalized spacial score (nSPS) is 30.2. The molecule has 8 heteroatoms. The Morgan fingerprint density at radius 1 is 1.08 bits per heavy atom. The molecule has 1 aromatic carbocycles. The van der Waals surface area contributed by atoms with E-state index in [0.717, 1.165) is 43.4 Å². The van der Waals surface area contributed by atoms with Crippen LogP contribution in [0.2, 0.25) is 0 Å². The van der Waals surface area contributed by atoms with Crippen molar-refractivity contribution in [1.82, 2.24) is 15.1 Å². The molecule has 38 heavy (non-hydrogen) atoms. The average molecular weight is 526 g/mol. The maximum Gasteiger partial charge on any atom is 0.231 e. The fourth-order valence-corrected chi connectivity index (χ4v) is 6.85. The summed E-state index contributed by atoms with van der Waals surface area (Å²) < 4.78 is 10.9. The second kappa shape index (κ2) is 11.5. The largest absolute Gasteiger partial charge is 0.454 e. The molecule has 1 aromatic rings. The van der Waals surface area contributed by atoms with Crippen LogP contribution in [0.4, 0.5) is 0 Å². The summed E-state index contributed by atoms with van der Waals surface area (Å²) in [6.07, 6.45) is 5.82. The third-order valence-electron chi connectivity index (χ3n) is 8.98. The van der Waals surface area contributed by atoms with Crippen molar-refractivity contribution in [3.63, 3.8) is 0 Å². The van der Waals surface area contributed by atoms with Gasteiger partial charge in [0.2, 0.25) is 24.5 Å². The van der Waals surface area contributed by atoms with E-state index in [1.807, 2.05) is 23.1 Å². The highest BCUT2D eigenvalue weighted by Gasteiger charge is 2.43. The van der Waals surface area contributed by atoms with Gasteiger partial charge in [0.15, 0.2) is 11.5 Å². The zero-order chi connectivity index (χ0) is 26.8. The third kappa shape index (κ3) is 6.10. The van der Waals surface area contributed by atoms with Crippen molar-refractivity contribution in [3.05, 3.63) is 23.8 Å². The van der Waals surface area contributed by atoms with Crippen LogP contribution in [0.25, 0.3) is 0 Å². The average Bonchev–Trinajstić information content (AvgIpc) is 3.34. The number of nitrogens with one attached hydrogen (secondary N) is 1. The van der Waals surface area contributed by atoms with E-state index < -0.39 is 0 Å². The minimum Gasteiger partial charge on any atom is -0.454 e. The first-order valence-electron chi connectivity index (χ1n) is 14.5. The van der Waals surface area contributed by atoms with Crippen LogP contribution in [0, 0.1) is 23.7 Å². The van der Waals surface area contributed by atoms with Gasteiger partial charge in [0.25, 0.3) is 0 Å². The minimum absolute atomic E-state index is 0.0848. The molecule has 0 aromatic heterocycles. The Labute approximate surface area is 226 Å². The van der Waals surface area contributed by atoms with Crippen LogP contribution in [0.15, 0.2) is 18.2 Å². The quantitative estimate of drug-likeness (QED) is 0.649. The zero-order valence-corrected chi connectivity index (χ0v) is 23.1. The summed E-state index contributed by atoms with van der Waals surface area (Å²) in [6.45, 7) is 8.76. The summed E-state index contributed by atoms with van der Waals surface area (Å²) in [7, 11) is 0. The second-order valence-corrected chi connectivity index (χ2v) is 12.3. The van der Waals surface area contributed by atoms with Crippen LogP contribution in [-0.4, -0.2) is 66.0 Å². The van der Waals surface area contributed by atoms with Crippen molar-refractivity contribution in [2.45, 2.75) is 84.2 Å². The third-order valence-corrected chi connectivity index (χ3v) is 8.98. The predicted octanol–water partition coefficient (Wildman–Crippen LogP) is 3.76. The van der Waals surface area contributed by atoms with Gasteiger partial charge in [-0.3, -0.25) is 14.4 Å². The molecule has 3 amide bonds. The number of hydrogen-bond acceptors (Lipinski definition) is 5. The van der Waals surface area contributed by atoms with E-state index in [9.17, 15) is 14.4 Å². The fraction of sp³-hybridized carbons (Fsp3) is 0.700. The summed E-state index contributed by atoms with van der Waals surface area (Å²) in [6, 6.07) is 5.94. The number of hydrogen-bond donors (Lipinski definition) is 1. The first kappa shape index (κ1) is 26.8. The highest BCUT2D eigenvalue weighted by Crippen LogP contribution is 2.37. The van der Waals surface area contributed by atoms with Gasteiger partial charge >= 0.3 is 0 Å². The Morgan fingerprint density at radius 2 is 1.89 bits per heavy atom. The van der Waals surface area contributed by atoms with Crippen molar-refractivity contribution in [2.24, 2.45) is 23.7 Å². The maximum absolute atomic E-state index is 13.6. The first-order valence-corrected chi connectivity index (χ1v) is 14.5. The lowest BCUT2D eigenvalue weighted by Gasteiger charge is -2.51. The number of piperidine rings is 2. The van der Waals surface area contributed by atoms with Crippen molar-refractivity contribution in [3.8, 4) is 11.5 Å². The molecule has 5 rings (SSSR count). The van der Waals surface area contributed by atoms with Crippen molar-refractivity contribution >= 4 is 17.7 Å². The SMILES string of the molecule is CC(C)[C@@H]1CC[C@@H](C)CC(=O)N2C[C@H]3C[C@@H](CN(C(=O)Cc4ccc5c(c4)OCO5)C3)[C@@H]2CCCC(=O)N1. The van der Waals surface area contributed by atoms with Crippen LogP contribution in [0.5, 0.6) is 11.5 Å². The van der Waals surface area contributed by atoms with Crippen molar-refractivity contribution in [2.75, 3.05) is 26.4 Å². The molecule has 2 bridgehead atoms. The van der Waals surface area contributed by atoms with Crippen LogP contribution in [0.1, 0.15) is 71.3 Å². The molecule has 4 heterocycles. The summed E-state index contributed by atoms with van der Waals surface area (Å²) >= 11 is 0. The number of nitrogens with zero attached hydrogens (tertiary/aromatic N) is 2. The molecule has 0 aliphatic carbocycles. The monoisotopic (exact) mass is 525 g/mol. The van der Waals surface area contributed by atoms with Gasteiger partial charge < -0.3 is 24.6 Å². The van der Waals surface area contributed by atoms with E-state index in [1.165, 1.54) is 0 Å². The second-order valence-electron chi connectivity index (χ2n) is 12.3. The van der Waals surface area contributed by atoms with Gasteiger partial charge in [-0.1, -0.05) is 26.8 Å². The lowest BCUT2D eigenvalue weighted by Crippen LogP contribution is -2.60. The summed E-state index contributed by atoms with van der Waals surface area (Å²) in [5.41, 5.74) is 0.925. The standard InChI is InChI=1S/C30H43N3O5/c1-19(2)24-9-7-20(3)11-30(36)33-16-22-12-23(25(33)5-4-6-28(34)31-24)17-32(15-22)29(35)14-21-8-10-26-27(13-21)38-18-37-26/h8,10,13,19-20,22-25H,4-7,9,11-12,14-18H2,1-3H3,(H,31,34)/t20-,22+,23+,24+,25+/m1/s1.